The number of hydrogen-bond acceptors (Lipinski definition) is 4. The second kappa shape index (κ2) is 12.3. The smallest absolute Gasteiger partial charge is 0.323 e. The topological polar surface area (TPSA) is 51.2 Å². The van der Waals surface area contributed by atoms with Gasteiger partial charge in [0.1, 0.15) is 0 Å². The summed E-state index contributed by atoms with van der Waals surface area (Å²) in [6, 6.07) is 7.88. The molecule has 1 aliphatic heterocycles. The molecule has 0 unspecified atom stereocenters. The maximum Gasteiger partial charge on any atom is 0.323 e. The van der Waals surface area contributed by atoms with Gasteiger partial charge in [0, 0.05) is 64.8 Å². The van der Waals surface area contributed by atoms with Crippen LogP contribution in [-0.4, -0.2) is 69.4 Å². The normalized spacial score (nSPS) is 16.1. The van der Waals surface area contributed by atoms with Crippen molar-refractivity contribution < 1.29 is 19.0 Å². The van der Waals surface area contributed by atoms with Crippen LogP contribution in [0.25, 0.3) is 0 Å². The fraction of sp³-hybridized carbons (Fsp3) is 0.591. The third kappa shape index (κ3) is 7.41. The molecule has 0 atom stereocenters. The van der Waals surface area contributed by atoms with Crippen molar-refractivity contribution in [2.75, 3.05) is 57.8 Å². The molecule has 6 nitrogen and oxygen atoms in total. The monoisotopic (exact) mass is 468 g/mol. The zero-order chi connectivity index (χ0) is 21.1. The molecular formula is C22H33BrN2O4. The van der Waals surface area contributed by atoms with Gasteiger partial charge in [-0.05, 0) is 24.1 Å². The largest absolute Gasteiger partial charge is 0.381 e. The van der Waals surface area contributed by atoms with Gasteiger partial charge in [0.05, 0.1) is 18.8 Å². The lowest BCUT2D eigenvalue weighted by molar-refractivity contribution is -0.0589. The zero-order valence-corrected chi connectivity index (χ0v) is 19.3. The van der Waals surface area contributed by atoms with Crippen molar-refractivity contribution in [1.29, 1.82) is 0 Å². The zero-order valence-electron chi connectivity index (χ0n) is 17.7. The molecule has 2 rings (SSSR count). The molecule has 0 aromatic heterocycles. The number of nitrogens with zero attached hydrogens (tertiary/aromatic N) is 2. The molecule has 1 saturated heterocycles. The van der Waals surface area contributed by atoms with Crippen LogP contribution in [-0.2, 0) is 20.8 Å². The standard InChI is InChI=1S/C22H33BrN2O4/c1-24(14-5-13-23)21(26)25(2)20-8-6-19(7-9-20)18-29-15-4-10-22(27-3)11-16-28-17-12-22/h4,6-10H,5,11-18H2,1-3H3. The summed E-state index contributed by atoms with van der Waals surface area (Å²) in [7, 11) is 5.37. The molecule has 1 aromatic rings. The van der Waals surface area contributed by atoms with Crippen LogP contribution >= 0.6 is 15.9 Å². The number of benzene rings is 1. The van der Waals surface area contributed by atoms with Gasteiger partial charge in [-0.25, -0.2) is 4.79 Å². The number of amides is 2. The Morgan fingerprint density at radius 3 is 2.55 bits per heavy atom. The van der Waals surface area contributed by atoms with Crippen molar-refractivity contribution in [3.63, 3.8) is 0 Å². The summed E-state index contributed by atoms with van der Waals surface area (Å²) in [5.74, 6) is 0. The summed E-state index contributed by atoms with van der Waals surface area (Å²) < 4.78 is 16.8. The summed E-state index contributed by atoms with van der Waals surface area (Å²) in [4.78, 5) is 15.8. The molecule has 0 aliphatic carbocycles. The highest BCUT2D eigenvalue weighted by Gasteiger charge is 2.29. The summed E-state index contributed by atoms with van der Waals surface area (Å²) in [6.45, 7) is 3.25. The number of carbonyl (C=O) groups excluding carboxylic acids is 1. The quantitative estimate of drug-likeness (QED) is 0.293. The van der Waals surface area contributed by atoms with Crippen LogP contribution in [0.3, 0.4) is 0 Å². The van der Waals surface area contributed by atoms with E-state index in [1.165, 1.54) is 0 Å². The molecule has 0 bridgehead atoms. The highest BCUT2D eigenvalue weighted by atomic mass is 79.9. The van der Waals surface area contributed by atoms with E-state index in [0.717, 1.165) is 55.6 Å². The SMILES string of the molecule is COC1(C=CCOCc2ccc(N(C)C(=O)N(C)CCCBr)cc2)CCOCC1. The number of hydrogen-bond donors (Lipinski definition) is 0. The maximum absolute atomic E-state index is 12.4. The average molecular weight is 469 g/mol. The first-order valence-electron chi connectivity index (χ1n) is 10.0. The number of rotatable bonds is 10. The first-order chi connectivity index (χ1) is 14.0. The maximum atomic E-state index is 12.4. The Morgan fingerprint density at radius 2 is 1.93 bits per heavy atom. The lowest BCUT2D eigenvalue weighted by Crippen LogP contribution is -2.39. The molecule has 0 saturated carbocycles. The molecule has 0 spiro atoms. The molecule has 1 aromatic carbocycles. The van der Waals surface area contributed by atoms with Crippen LogP contribution in [0.4, 0.5) is 10.5 Å². The Bertz CT molecular complexity index is 645. The number of halogens is 1. The Morgan fingerprint density at radius 1 is 1.24 bits per heavy atom. The predicted octanol–water partition coefficient (Wildman–Crippen LogP) is 4.23. The van der Waals surface area contributed by atoms with Crippen LogP contribution in [0.5, 0.6) is 0 Å². The fourth-order valence-electron chi connectivity index (χ4n) is 3.24. The van der Waals surface area contributed by atoms with E-state index in [0.29, 0.717) is 13.2 Å². The third-order valence-corrected chi connectivity index (χ3v) is 5.78. The fourth-order valence-corrected chi connectivity index (χ4v) is 3.49. The highest BCUT2D eigenvalue weighted by Crippen LogP contribution is 2.25. The lowest BCUT2D eigenvalue weighted by Gasteiger charge is -2.33. The van der Waals surface area contributed by atoms with Crippen molar-refractivity contribution in [2.24, 2.45) is 0 Å². The molecule has 1 fully saturated rings. The first-order valence-corrected chi connectivity index (χ1v) is 11.2. The van der Waals surface area contributed by atoms with Crippen LogP contribution in [0.15, 0.2) is 36.4 Å². The van der Waals surface area contributed by atoms with Crippen LogP contribution in [0, 0.1) is 0 Å². The van der Waals surface area contributed by atoms with Gasteiger partial charge in [-0.3, -0.25) is 4.90 Å². The van der Waals surface area contributed by atoms with E-state index in [1.807, 2.05) is 37.4 Å². The Balaban J connectivity index is 1.78. The van der Waals surface area contributed by atoms with Gasteiger partial charge in [-0.15, -0.1) is 0 Å². The van der Waals surface area contributed by atoms with Crippen molar-refractivity contribution in [1.82, 2.24) is 4.90 Å². The molecule has 29 heavy (non-hydrogen) atoms. The van der Waals surface area contributed by atoms with Crippen molar-refractivity contribution in [2.45, 2.75) is 31.5 Å². The number of anilines is 1. The van der Waals surface area contributed by atoms with E-state index in [9.17, 15) is 4.79 Å². The number of methoxy groups -OCH3 is 1. The van der Waals surface area contributed by atoms with Gasteiger partial charge in [-0.1, -0.05) is 40.2 Å². The molecule has 2 amide bonds. The van der Waals surface area contributed by atoms with Crippen molar-refractivity contribution in [3.8, 4) is 0 Å². The molecule has 7 heteroatoms. The first kappa shape index (κ1) is 23.9. The number of urea groups is 1. The van der Waals surface area contributed by atoms with Crippen molar-refractivity contribution in [3.05, 3.63) is 42.0 Å². The van der Waals surface area contributed by atoms with Gasteiger partial charge in [0.25, 0.3) is 0 Å². The summed E-state index contributed by atoms with van der Waals surface area (Å²) in [5, 5.41) is 0.888. The van der Waals surface area contributed by atoms with Gasteiger partial charge in [0.2, 0.25) is 0 Å². The molecule has 1 heterocycles. The lowest BCUT2D eigenvalue weighted by atomic mass is 9.93. The molecule has 0 N–H and O–H groups in total. The predicted molar refractivity (Wildman–Crippen MR) is 120 cm³/mol. The highest BCUT2D eigenvalue weighted by molar-refractivity contribution is 9.09. The van der Waals surface area contributed by atoms with Gasteiger partial charge in [-0.2, -0.15) is 0 Å². The second-order valence-corrected chi connectivity index (χ2v) is 8.06. The van der Waals surface area contributed by atoms with E-state index in [1.54, 1.807) is 24.0 Å². The van der Waals surface area contributed by atoms with Crippen molar-refractivity contribution >= 4 is 27.6 Å². The molecule has 162 valence electrons. The minimum atomic E-state index is -0.220. The van der Waals surface area contributed by atoms with Crippen LogP contribution in [0.2, 0.25) is 0 Å². The third-order valence-electron chi connectivity index (χ3n) is 5.21. The van der Waals surface area contributed by atoms with E-state index in [2.05, 4.69) is 22.0 Å². The van der Waals surface area contributed by atoms with E-state index >= 15 is 0 Å². The van der Waals surface area contributed by atoms with E-state index in [-0.39, 0.29) is 11.6 Å². The average Bonchev–Trinajstić information content (AvgIpc) is 2.77. The number of carbonyl (C=O) groups is 1. The summed E-state index contributed by atoms with van der Waals surface area (Å²) in [5.41, 5.74) is 1.72. The molecular weight excluding hydrogens is 436 g/mol. The number of ether oxygens (including phenoxy) is 3. The Hall–Kier alpha value is -1.41. The minimum Gasteiger partial charge on any atom is -0.381 e. The summed E-state index contributed by atoms with van der Waals surface area (Å²) >= 11 is 3.39. The minimum absolute atomic E-state index is 0.0136. The van der Waals surface area contributed by atoms with Gasteiger partial charge < -0.3 is 19.1 Å². The van der Waals surface area contributed by atoms with Crippen LogP contribution < -0.4 is 4.90 Å². The van der Waals surface area contributed by atoms with Crippen LogP contribution in [0.1, 0.15) is 24.8 Å². The van der Waals surface area contributed by atoms with E-state index < -0.39 is 0 Å². The molecule has 0 radical (unpaired) electrons. The van der Waals surface area contributed by atoms with E-state index in [4.69, 9.17) is 14.2 Å². The second-order valence-electron chi connectivity index (χ2n) is 7.27. The summed E-state index contributed by atoms with van der Waals surface area (Å²) in [6.07, 6.45) is 6.81. The van der Waals surface area contributed by atoms with Gasteiger partial charge in [0.15, 0.2) is 0 Å². The Kier molecular flexibility index (Phi) is 10.1. The molecule has 1 aliphatic rings. The Labute approximate surface area is 182 Å². The number of alkyl halides is 1. The van der Waals surface area contributed by atoms with Gasteiger partial charge >= 0.3 is 6.03 Å².